The molecule has 154 valence electrons. The van der Waals surface area contributed by atoms with E-state index in [4.69, 9.17) is 14.2 Å². The monoisotopic (exact) mass is 406 g/mol. The van der Waals surface area contributed by atoms with Crippen molar-refractivity contribution < 1.29 is 23.8 Å². The molecule has 2 aromatic rings. The Kier molecular flexibility index (Phi) is 4.38. The third-order valence-corrected chi connectivity index (χ3v) is 5.95. The highest BCUT2D eigenvalue weighted by Gasteiger charge is 2.44. The lowest BCUT2D eigenvalue weighted by Crippen LogP contribution is -2.39. The number of benzene rings is 2. The van der Waals surface area contributed by atoms with Gasteiger partial charge < -0.3 is 24.8 Å². The van der Waals surface area contributed by atoms with Crippen LogP contribution in [0.25, 0.3) is 0 Å². The van der Waals surface area contributed by atoms with E-state index < -0.39 is 17.9 Å². The van der Waals surface area contributed by atoms with Crippen LogP contribution >= 0.6 is 0 Å². The van der Waals surface area contributed by atoms with E-state index in [1.54, 1.807) is 0 Å². The predicted octanol–water partition coefficient (Wildman–Crippen LogP) is 3.65. The number of nitrogens with one attached hydrogen (secondary N) is 2. The number of esters is 1. The van der Waals surface area contributed by atoms with Gasteiger partial charge in [-0.2, -0.15) is 0 Å². The fraction of sp³-hybridized carbons (Fsp3) is 0.304. The molecule has 0 aromatic heterocycles. The van der Waals surface area contributed by atoms with Crippen LogP contribution in [0.5, 0.6) is 11.5 Å². The van der Waals surface area contributed by atoms with Crippen molar-refractivity contribution in [3.63, 3.8) is 0 Å². The highest BCUT2D eigenvalue weighted by Crippen LogP contribution is 2.45. The number of carbonyl (C=O) groups excluding carboxylic acids is 2. The van der Waals surface area contributed by atoms with Crippen LogP contribution < -0.4 is 20.1 Å². The largest absolute Gasteiger partial charge is 0.468 e. The van der Waals surface area contributed by atoms with Crippen molar-refractivity contribution in [3.8, 4) is 11.5 Å². The number of ether oxygens (including phenoxy) is 3. The summed E-state index contributed by atoms with van der Waals surface area (Å²) in [6.45, 7) is 2.08. The Bertz CT molecular complexity index is 1080. The highest BCUT2D eigenvalue weighted by molar-refractivity contribution is 6.11. The molecule has 0 bridgehead atoms. The van der Waals surface area contributed by atoms with E-state index >= 15 is 0 Å². The van der Waals surface area contributed by atoms with Crippen LogP contribution in [0.2, 0.25) is 0 Å². The summed E-state index contributed by atoms with van der Waals surface area (Å²) in [7, 11) is 1.32. The third kappa shape index (κ3) is 2.89. The first-order valence-electron chi connectivity index (χ1n) is 9.94. The topological polar surface area (TPSA) is 85.9 Å². The minimum atomic E-state index is -0.824. The Morgan fingerprint density at radius 1 is 1.10 bits per heavy atom. The fourth-order valence-corrected chi connectivity index (χ4v) is 4.48. The van der Waals surface area contributed by atoms with Gasteiger partial charge in [-0.25, -0.2) is 0 Å². The van der Waals surface area contributed by atoms with Crippen LogP contribution in [0.3, 0.4) is 0 Å². The summed E-state index contributed by atoms with van der Waals surface area (Å²) in [4.78, 5) is 26.0. The molecule has 5 rings (SSSR count). The van der Waals surface area contributed by atoms with Crippen LogP contribution in [0.4, 0.5) is 11.4 Å². The van der Waals surface area contributed by atoms with Crippen molar-refractivity contribution in [1.82, 2.24) is 0 Å². The molecule has 2 N–H and O–H groups in total. The van der Waals surface area contributed by atoms with Gasteiger partial charge in [0.2, 0.25) is 6.79 Å². The minimum absolute atomic E-state index is 0.168. The number of allylic oxidation sites excluding steroid dienone is 1. The first kappa shape index (κ1) is 18.5. The molecule has 0 spiro atoms. The van der Waals surface area contributed by atoms with Gasteiger partial charge in [-0.3, -0.25) is 9.59 Å². The number of anilines is 2. The summed E-state index contributed by atoms with van der Waals surface area (Å²) in [5.74, 6) is -0.385. The van der Waals surface area contributed by atoms with E-state index in [1.807, 2.05) is 49.4 Å². The standard InChI is InChI=1S/C23H22N2O5/c1-12-9-16-20(22(26)19(12)23(27)28-2)21(25-15-6-4-3-5-14(15)24-16)13-7-8-17-18(10-13)30-11-29-17/h3-8,10,12,19,21,24-25H,9,11H2,1-2H3/t12-,19+,21-/m0/s1. The SMILES string of the molecule is COC(=O)[C@H]1C(=O)C2=C(C[C@@H]1C)Nc1ccccc1N[C@H]2c1ccc2c(c1)OCO2. The molecule has 3 aliphatic rings. The van der Waals surface area contributed by atoms with Crippen molar-refractivity contribution in [1.29, 1.82) is 0 Å². The maximum Gasteiger partial charge on any atom is 0.316 e. The molecular formula is C23H22N2O5. The van der Waals surface area contributed by atoms with Gasteiger partial charge in [0.25, 0.3) is 0 Å². The summed E-state index contributed by atoms with van der Waals surface area (Å²) in [5, 5.41) is 6.94. The second-order valence-corrected chi connectivity index (χ2v) is 7.80. The minimum Gasteiger partial charge on any atom is -0.468 e. The van der Waals surface area contributed by atoms with Gasteiger partial charge in [-0.15, -0.1) is 0 Å². The molecule has 30 heavy (non-hydrogen) atoms. The van der Waals surface area contributed by atoms with Crippen LogP contribution in [-0.2, 0) is 14.3 Å². The summed E-state index contributed by atoms with van der Waals surface area (Å²) in [5.41, 5.74) is 4.01. The van der Waals surface area contributed by atoms with E-state index in [0.717, 1.165) is 22.6 Å². The van der Waals surface area contributed by atoms with Gasteiger partial charge in [-0.05, 0) is 42.2 Å². The lowest BCUT2D eigenvalue weighted by Gasteiger charge is -2.32. The van der Waals surface area contributed by atoms with Crippen molar-refractivity contribution in [3.05, 3.63) is 59.3 Å². The van der Waals surface area contributed by atoms with Crippen LogP contribution in [0.15, 0.2) is 53.7 Å². The van der Waals surface area contributed by atoms with E-state index in [-0.39, 0.29) is 18.5 Å². The maximum atomic E-state index is 13.6. The molecule has 2 aliphatic heterocycles. The maximum absolute atomic E-state index is 13.6. The molecule has 0 amide bonds. The van der Waals surface area contributed by atoms with Crippen molar-refractivity contribution >= 4 is 23.1 Å². The molecule has 0 unspecified atom stereocenters. The number of fused-ring (bicyclic) bond motifs is 2. The zero-order valence-corrected chi connectivity index (χ0v) is 16.7. The number of hydrogen-bond donors (Lipinski definition) is 2. The Balaban J connectivity index is 1.66. The van der Waals surface area contributed by atoms with Gasteiger partial charge >= 0.3 is 5.97 Å². The number of Topliss-reactive ketones (excluding diaryl/α,β-unsaturated/α-hetero) is 1. The molecule has 0 radical (unpaired) electrons. The van der Waals surface area contributed by atoms with Gasteiger partial charge in [0.15, 0.2) is 17.3 Å². The fourth-order valence-electron chi connectivity index (χ4n) is 4.48. The number of para-hydroxylation sites is 2. The van der Waals surface area contributed by atoms with Crippen molar-refractivity contribution in [2.24, 2.45) is 11.8 Å². The van der Waals surface area contributed by atoms with Crippen LogP contribution in [-0.4, -0.2) is 25.7 Å². The first-order chi connectivity index (χ1) is 14.6. The number of rotatable bonds is 2. The molecule has 0 fully saturated rings. The molecule has 2 aromatic carbocycles. The molecule has 0 saturated heterocycles. The third-order valence-electron chi connectivity index (χ3n) is 5.95. The zero-order chi connectivity index (χ0) is 20.8. The normalized spacial score (nSPS) is 24.2. The highest BCUT2D eigenvalue weighted by atomic mass is 16.7. The van der Waals surface area contributed by atoms with Gasteiger partial charge in [0, 0.05) is 11.3 Å². The number of carbonyl (C=O) groups is 2. The van der Waals surface area contributed by atoms with E-state index in [2.05, 4.69) is 10.6 Å². The molecule has 7 nitrogen and oxygen atoms in total. The number of methoxy groups -OCH3 is 1. The van der Waals surface area contributed by atoms with E-state index in [0.29, 0.717) is 23.5 Å². The Hall–Kier alpha value is -3.48. The zero-order valence-electron chi connectivity index (χ0n) is 16.7. The van der Waals surface area contributed by atoms with Gasteiger partial charge in [0.1, 0.15) is 5.92 Å². The molecular weight excluding hydrogens is 384 g/mol. The quantitative estimate of drug-likeness (QED) is 0.582. The molecule has 2 heterocycles. The Morgan fingerprint density at radius 3 is 2.67 bits per heavy atom. The average molecular weight is 406 g/mol. The van der Waals surface area contributed by atoms with Crippen molar-refractivity contribution in [2.45, 2.75) is 19.4 Å². The molecule has 3 atom stereocenters. The molecule has 0 saturated carbocycles. The predicted molar refractivity (Wildman–Crippen MR) is 110 cm³/mol. The van der Waals surface area contributed by atoms with Crippen LogP contribution in [0, 0.1) is 11.8 Å². The second kappa shape index (κ2) is 7.09. The summed E-state index contributed by atoms with van der Waals surface area (Å²) in [6.07, 6.45) is 0.567. The lowest BCUT2D eigenvalue weighted by atomic mass is 9.75. The summed E-state index contributed by atoms with van der Waals surface area (Å²) in [6, 6.07) is 13.0. The van der Waals surface area contributed by atoms with E-state index in [1.165, 1.54) is 7.11 Å². The first-order valence-corrected chi connectivity index (χ1v) is 9.94. The van der Waals surface area contributed by atoms with E-state index in [9.17, 15) is 9.59 Å². The molecule has 1 aliphatic carbocycles. The average Bonchev–Trinajstić information content (AvgIpc) is 3.14. The van der Waals surface area contributed by atoms with Crippen molar-refractivity contribution in [2.75, 3.05) is 24.5 Å². The summed E-state index contributed by atoms with van der Waals surface area (Å²) >= 11 is 0. The van der Waals surface area contributed by atoms with Gasteiger partial charge in [0.05, 0.1) is 24.5 Å². The summed E-state index contributed by atoms with van der Waals surface area (Å²) < 4.78 is 15.9. The Morgan fingerprint density at radius 2 is 1.87 bits per heavy atom. The second-order valence-electron chi connectivity index (χ2n) is 7.80. The van der Waals surface area contributed by atoms with Crippen LogP contribution in [0.1, 0.15) is 24.9 Å². The Labute approximate surface area is 174 Å². The van der Waals surface area contributed by atoms with Gasteiger partial charge in [-0.1, -0.05) is 25.1 Å². The lowest BCUT2D eigenvalue weighted by molar-refractivity contribution is -0.151. The number of hydrogen-bond acceptors (Lipinski definition) is 7. The smallest absolute Gasteiger partial charge is 0.316 e. The number of ketones is 1. The molecule has 7 heteroatoms.